The molecular weight excluding hydrogens is 326 g/mol. The number of benzene rings is 1. The number of carbonyl (C=O) groups excluding carboxylic acids is 1. The van der Waals surface area contributed by atoms with Crippen LogP contribution in [0.25, 0.3) is 0 Å². The minimum absolute atomic E-state index is 0.112. The van der Waals surface area contributed by atoms with E-state index in [-0.39, 0.29) is 29.0 Å². The normalized spacial score (nSPS) is 16.5. The topological polar surface area (TPSA) is 69.7 Å². The molecule has 1 aliphatic rings. The maximum atomic E-state index is 12.6. The van der Waals surface area contributed by atoms with Gasteiger partial charge in [0.15, 0.2) is 0 Å². The lowest BCUT2D eigenvalue weighted by atomic mass is 10.4. The molecule has 1 heterocycles. The van der Waals surface area contributed by atoms with Gasteiger partial charge in [-0.25, -0.2) is 13.2 Å². The number of hydrogen-bond acceptors (Lipinski definition) is 3. The number of carbonyl (C=O) groups is 1. The van der Waals surface area contributed by atoms with Crippen molar-refractivity contribution in [3.05, 3.63) is 29.3 Å². The Morgan fingerprint density at radius 1 is 1.23 bits per heavy atom. The van der Waals surface area contributed by atoms with Gasteiger partial charge in [0.05, 0.1) is 5.02 Å². The van der Waals surface area contributed by atoms with Gasteiger partial charge < -0.3 is 10.2 Å². The van der Waals surface area contributed by atoms with Crippen molar-refractivity contribution in [2.75, 3.05) is 32.7 Å². The largest absolute Gasteiger partial charge is 0.338 e. The van der Waals surface area contributed by atoms with E-state index in [4.69, 9.17) is 11.6 Å². The Hall–Kier alpha value is -1.31. The molecule has 6 nitrogen and oxygen atoms in total. The molecule has 0 saturated carbocycles. The maximum absolute atomic E-state index is 12.6. The Morgan fingerprint density at radius 2 is 1.86 bits per heavy atom. The fraction of sp³-hybridized carbons (Fsp3) is 0.500. The molecule has 122 valence electrons. The molecule has 2 amide bonds. The van der Waals surface area contributed by atoms with E-state index in [2.05, 4.69) is 5.32 Å². The van der Waals surface area contributed by atoms with Crippen molar-refractivity contribution in [1.82, 2.24) is 14.5 Å². The van der Waals surface area contributed by atoms with Gasteiger partial charge in [0, 0.05) is 32.7 Å². The zero-order valence-electron chi connectivity index (χ0n) is 12.5. The number of urea groups is 1. The molecule has 0 unspecified atom stereocenters. The summed E-state index contributed by atoms with van der Waals surface area (Å²) in [6.07, 6.45) is 0.868. The molecule has 8 heteroatoms. The summed E-state index contributed by atoms with van der Waals surface area (Å²) < 4.78 is 26.5. The van der Waals surface area contributed by atoms with Crippen LogP contribution in [0, 0.1) is 0 Å². The van der Waals surface area contributed by atoms with Crippen LogP contribution in [0.2, 0.25) is 5.02 Å². The van der Waals surface area contributed by atoms with Gasteiger partial charge in [-0.1, -0.05) is 30.7 Å². The lowest BCUT2D eigenvalue weighted by Gasteiger charge is -2.34. The number of hydrogen-bond donors (Lipinski definition) is 1. The summed E-state index contributed by atoms with van der Waals surface area (Å²) in [6, 6.07) is 6.25. The van der Waals surface area contributed by atoms with Crippen LogP contribution in [-0.2, 0) is 10.0 Å². The van der Waals surface area contributed by atoms with Crippen LogP contribution in [0.3, 0.4) is 0 Å². The number of nitrogens with one attached hydrogen (secondary N) is 1. The Kier molecular flexibility index (Phi) is 5.66. The first-order valence-corrected chi connectivity index (χ1v) is 9.06. The molecule has 0 aliphatic carbocycles. The van der Waals surface area contributed by atoms with Crippen LogP contribution < -0.4 is 5.32 Å². The first kappa shape index (κ1) is 17.1. The smallest absolute Gasteiger partial charge is 0.317 e. The summed E-state index contributed by atoms with van der Waals surface area (Å²) in [5.41, 5.74) is 0. The van der Waals surface area contributed by atoms with Gasteiger partial charge in [0.25, 0.3) is 0 Å². The van der Waals surface area contributed by atoms with E-state index in [1.807, 2.05) is 6.92 Å². The van der Waals surface area contributed by atoms with Crippen LogP contribution in [0.15, 0.2) is 29.2 Å². The van der Waals surface area contributed by atoms with Gasteiger partial charge in [0.1, 0.15) is 4.90 Å². The third-order valence-corrected chi connectivity index (χ3v) is 5.90. The Balaban J connectivity index is 2.02. The molecule has 0 atom stereocenters. The Morgan fingerprint density at radius 3 is 2.45 bits per heavy atom. The number of rotatable bonds is 4. The van der Waals surface area contributed by atoms with Crippen molar-refractivity contribution in [1.29, 1.82) is 0 Å². The zero-order valence-corrected chi connectivity index (χ0v) is 14.0. The highest BCUT2D eigenvalue weighted by Gasteiger charge is 2.31. The third kappa shape index (κ3) is 3.71. The number of amides is 2. The molecule has 1 saturated heterocycles. The molecule has 0 bridgehead atoms. The summed E-state index contributed by atoms with van der Waals surface area (Å²) in [4.78, 5) is 13.6. The second-order valence-electron chi connectivity index (χ2n) is 5.05. The van der Waals surface area contributed by atoms with Crippen molar-refractivity contribution in [2.45, 2.75) is 18.2 Å². The van der Waals surface area contributed by atoms with Gasteiger partial charge in [-0.05, 0) is 18.6 Å². The zero-order chi connectivity index (χ0) is 16.2. The summed E-state index contributed by atoms with van der Waals surface area (Å²) in [7, 11) is -3.62. The first-order chi connectivity index (χ1) is 10.5. The van der Waals surface area contributed by atoms with Crippen LogP contribution in [0.4, 0.5) is 4.79 Å². The minimum atomic E-state index is -3.62. The molecule has 1 aromatic rings. The number of halogens is 1. The molecule has 1 aliphatic heterocycles. The summed E-state index contributed by atoms with van der Waals surface area (Å²) >= 11 is 5.98. The van der Waals surface area contributed by atoms with E-state index < -0.39 is 10.0 Å². The first-order valence-electron chi connectivity index (χ1n) is 7.24. The van der Waals surface area contributed by atoms with Crippen LogP contribution in [0.1, 0.15) is 13.3 Å². The highest BCUT2D eigenvalue weighted by atomic mass is 35.5. The molecule has 0 spiro atoms. The van der Waals surface area contributed by atoms with Gasteiger partial charge in [-0.15, -0.1) is 0 Å². The number of sulfonamides is 1. The molecule has 0 radical (unpaired) electrons. The summed E-state index contributed by atoms with van der Waals surface area (Å²) in [6.45, 7) is 3.89. The molecule has 0 aromatic heterocycles. The Bertz CT molecular complexity index is 628. The molecule has 22 heavy (non-hydrogen) atoms. The predicted octanol–water partition coefficient (Wildman–Crippen LogP) is 1.77. The second kappa shape index (κ2) is 7.30. The van der Waals surface area contributed by atoms with E-state index >= 15 is 0 Å². The highest BCUT2D eigenvalue weighted by molar-refractivity contribution is 7.89. The SMILES string of the molecule is CCCNC(=O)N1CCN(S(=O)(=O)c2ccccc2Cl)CC1. The Labute approximate surface area is 136 Å². The molecule has 1 N–H and O–H groups in total. The van der Waals surface area contributed by atoms with Gasteiger partial charge in [0.2, 0.25) is 10.0 Å². The van der Waals surface area contributed by atoms with Crippen LogP contribution in [-0.4, -0.2) is 56.4 Å². The number of nitrogens with zero attached hydrogens (tertiary/aromatic N) is 2. The van der Waals surface area contributed by atoms with Crippen molar-refractivity contribution in [3.8, 4) is 0 Å². The third-order valence-electron chi connectivity index (χ3n) is 3.51. The number of piperazine rings is 1. The fourth-order valence-corrected chi connectivity index (χ4v) is 4.18. The summed E-state index contributed by atoms with van der Waals surface area (Å²) in [5.74, 6) is 0. The van der Waals surface area contributed by atoms with Crippen molar-refractivity contribution < 1.29 is 13.2 Å². The molecular formula is C14H20ClN3O3S. The molecule has 2 rings (SSSR count). The second-order valence-corrected chi connectivity index (χ2v) is 7.37. The average Bonchev–Trinajstić information content (AvgIpc) is 2.53. The van der Waals surface area contributed by atoms with E-state index in [1.54, 1.807) is 23.1 Å². The molecule has 1 fully saturated rings. The van der Waals surface area contributed by atoms with Crippen LogP contribution >= 0.6 is 11.6 Å². The van der Waals surface area contributed by atoms with Crippen molar-refractivity contribution in [3.63, 3.8) is 0 Å². The van der Waals surface area contributed by atoms with E-state index in [1.165, 1.54) is 10.4 Å². The maximum Gasteiger partial charge on any atom is 0.317 e. The monoisotopic (exact) mass is 345 g/mol. The fourth-order valence-electron chi connectivity index (χ4n) is 2.27. The van der Waals surface area contributed by atoms with Gasteiger partial charge in [-0.2, -0.15) is 4.31 Å². The van der Waals surface area contributed by atoms with E-state index in [9.17, 15) is 13.2 Å². The van der Waals surface area contributed by atoms with Crippen LogP contribution in [0.5, 0.6) is 0 Å². The van der Waals surface area contributed by atoms with Crippen molar-refractivity contribution in [2.24, 2.45) is 0 Å². The predicted molar refractivity (Wildman–Crippen MR) is 85.5 cm³/mol. The molecule has 1 aromatic carbocycles. The lowest BCUT2D eigenvalue weighted by Crippen LogP contribution is -2.53. The van der Waals surface area contributed by atoms with E-state index in [0.717, 1.165) is 6.42 Å². The summed E-state index contributed by atoms with van der Waals surface area (Å²) in [5, 5.41) is 3.01. The van der Waals surface area contributed by atoms with Gasteiger partial charge in [-0.3, -0.25) is 0 Å². The van der Waals surface area contributed by atoms with Gasteiger partial charge >= 0.3 is 6.03 Å². The average molecular weight is 346 g/mol. The highest BCUT2D eigenvalue weighted by Crippen LogP contribution is 2.24. The lowest BCUT2D eigenvalue weighted by molar-refractivity contribution is 0.172. The quantitative estimate of drug-likeness (QED) is 0.904. The van der Waals surface area contributed by atoms with Crippen molar-refractivity contribution >= 4 is 27.7 Å². The van der Waals surface area contributed by atoms with E-state index in [0.29, 0.717) is 19.6 Å². The standard InChI is InChI=1S/C14H20ClN3O3S/c1-2-7-16-14(19)17-8-10-18(11-9-17)22(20,21)13-6-4-3-5-12(13)15/h3-6H,2,7-11H2,1H3,(H,16,19). The minimum Gasteiger partial charge on any atom is -0.338 e.